The molecule has 0 amide bonds. The Morgan fingerprint density at radius 3 is 1.22 bits per heavy atom. The van der Waals surface area contributed by atoms with E-state index in [2.05, 4.69) is 26.0 Å². The van der Waals surface area contributed by atoms with E-state index in [1.165, 1.54) is 186 Å². The minimum absolute atomic E-state index is 0.0713. The molecule has 386 valence electrons. The first kappa shape index (κ1) is 62.1. The molecule has 0 bridgehead atoms. The van der Waals surface area contributed by atoms with E-state index >= 15 is 0 Å². The van der Waals surface area contributed by atoms with Crippen molar-refractivity contribution in [1.29, 1.82) is 0 Å². The SMILES string of the molecule is CCCCCCCC/C=C\CCCCCCCCCCCCOCC(COP(=O)(O)OC1C(O)C(O)C(O)C(O)C1O)OC(=O)CCCCCCCCCCCCCCCCCCCC. The van der Waals surface area contributed by atoms with Crippen LogP contribution in [-0.2, 0) is 27.9 Å². The van der Waals surface area contributed by atoms with Gasteiger partial charge >= 0.3 is 13.8 Å². The van der Waals surface area contributed by atoms with Crippen LogP contribution in [0, 0.1) is 0 Å². The predicted octanol–water partition coefficient (Wildman–Crippen LogP) is 12.3. The summed E-state index contributed by atoms with van der Waals surface area (Å²) in [6.07, 6.45) is 37.0. The topological polar surface area (TPSA) is 192 Å². The standard InChI is InChI=1S/C52H101O12P/c1-3-5-7-9-11-13-15-17-19-21-23-24-26-28-30-32-34-36-38-40-42-61-43-45(44-62-65(59,60)64-52-50(57)48(55)47(54)49(56)51(52)58)63-46(53)41-39-37-35-33-31-29-27-25-22-20-18-16-14-12-10-8-6-4-2/h17,19,45,47-52,54-58H,3-16,18,20-44H2,1-2H3,(H,59,60)/b19-17-. The molecule has 12 nitrogen and oxygen atoms in total. The number of aliphatic hydroxyl groups is 5. The Balaban J connectivity index is 2.30. The van der Waals surface area contributed by atoms with E-state index in [1.54, 1.807) is 0 Å². The normalized spacial score (nSPS) is 21.5. The highest BCUT2D eigenvalue weighted by Crippen LogP contribution is 2.47. The van der Waals surface area contributed by atoms with Crippen LogP contribution < -0.4 is 0 Å². The van der Waals surface area contributed by atoms with Crippen LogP contribution in [0.3, 0.4) is 0 Å². The molecule has 1 rings (SSSR count). The van der Waals surface area contributed by atoms with Gasteiger partial charge in [-0.2, -0.15) is 0 Å². The molecule has 0 aromatic rings. The maximum Gasteiger partial charge on any atom is 0.472 e. The predicted molar refractivity (Wildman–Crippen MR) is 263 cm³/mol. The Morgan fingerprint density at radius 2 is 0.815 bits per heavy atom. The fraction of sp³-hybridized carbons (Fsp3) is 0.942. The zero-order valence-corrected chi connectivity index (χ0v) is 42.5. The van der Waals surface area contributed by atoms with Crippen LogP contribution in [0.2, 0.25) is 0 Å². The summed E-state index contributed by atoms with van der Waals surface area (Å²) in [6.45, 7) is 4.31. The van der Waals surface area contributed by atoms with Crippen molar-refractivity contribution in [3.8, 4) is 0 Å². The number of carbonyl (C=O) groups is 1. The molecule has 65 heavy (non-hydrogen) atoms. The lowest BCUT2D eigenvalue weighted by molar-refractivity contribution is -0.220. The van der Waals surface area contributed by atoms with Gasteiger partial charge in [0.15, 0.2) is 0 Å². The fourth-order valence-electron chi connectivity index (χ4n) is 8.59. The number of carbonyl (C=O) groups excluding carboxylic acids is 1. The van der Waals surface area contributed by atoms with Gasteiger partial charge < -0.3 is 39.9 Å². The van der Waals surface area contributed by atoms with Crippen molar-refractivity contribution in [1.82, 2.24) is 0 Å². The second kappa shape index (κ2) is 43.1. The molecule has 0 aromatic heterocycles. The van der Waals surface area contributed by atoms with E-state index in [0.717, 1.165) is 38.5 Å². The largest absolute Gasteiger partial charge is 0.472 e. The summed E-state index contributed by atoms with van der Waals surface area (Å²) in [6, 6.07) is 0. The average molecular weight is 949 g/mol. The Labute approximate surface area is 397 Å². The van der Waals surface area contributed by atoms with Gasteiger partial charge in [0.05, 0.1) is 13.2 Å². The van der Waals surface area contributed by atoms with Crippen LogP contribution in [0.4, 0.5) is 0 Å². The molecule has 0 heterocycles. The van der Waals surface area contributed by atoms with Crippen molar-refractivity contribution < 1.29 is 58.3 Å². The number of esters is 1. The lowest BCUT2D eigenvalue weighted by Gasteiger charge is -2.41. The van der Waals surface area contributed by atoms with Gasteiger partial charge in [-0.25, -0.2) is 4.57 Å². The highest BCUT2D eigenvalue weighted by Gasteiger charge is 2.51. The van der Waals surface area contributed by atoms with E-state index in [9.17, 15) is 39.8 Å². The van der Waals surface area contributed by atoms with Crippen molar-refractivity contribution in [2.24, 2.45) is 0 Å². The van der Waals surface area contributed by atoms with E-state index in [4.69, 9.17) is 18.5 Å². The first-order valence-corrected chi connectivity index (χ1v) is 28.5. The number of hydrogen-bond acceptors (Lipinski definition) is 11. The van der Waals surface area contributed by atoms with Gasteiger partial charge in [-0.3, -0.25) is 13.8 Å². The van der Waals surface area contributed by atoms with Crippen LogP contribution in [0.5, 0.6) is 0 Å². The zero-order chi connectivity index (χ0) is 47.6. The number of ether oxygens (including phenoxy) is 2. The maximum atomic E-state index is 12.9. The number of allylic oxidation sites excluding steroid dienone is 2. The first-order valence-electron chi connectivity index (χ1n) is 27.0. The summed E-state index contributed by atoms with van der Waals surface area (Å²) in [7, 11) is -5.02. The minimum atomic E-state index is -5.02. The van der Waals surface area contributed by atoms with Crippen LogP contribution in [0.1, 0.15) is 251 Å². The van der Waals surface area contributed by atoms with Crippen molar-refractivity contribution in [2.45, 2.75) is 294 Å². The number of unbranched alkanes of at least 4 members (excludes halogenated alkanes) is 33. The van der Waals surface area contributed by atoms with E-state index in [1.807, 2.05) is 0 Å². The average Bonchev–Trinajstić information content (AvgIpc) is 3.29. The summed E-state index contributed by atoms with van der Waals surface area (Å²) in [5.41, 5.74) is 0. The van der Waals surface area contributed by atoms with Gasteiger partial charge in [0, 0.05) is 13.0 Å². The third-order valence-electron chi connectivity index (χ3n) is 12.9. The molecule has 0 aliphatic heterocycles. The van der Waals surface area contributed by atoms with Gasteiger partial charge in [0.1, 0.15) is 42.7 Å². The van der Waals surface area contributed by atoms with Gasteiger partial charge in [-0.05, 0) is 38.5 Å². The molecular weight excluding hydrogens is 848 g/mol. The van der Waals surface area contributed by atoms with E-state index < -0.39 is 63.1 Å². The van der Waals surface area contributed by atoms with Gasteiger partial charge in [-0.1, -0.05) is 219 Å². The van der Waals surface area contributed by atoms with Crippen LogP contribution in [0.25, 0.3) is 0 Å². The monoisotopic (exact) mass is 949 g/mol. The van der Waals surface area contributed by atoms with Crippen molar-refractivity contribution in [2.75, 3.05) is 19.8 Å². The highest BCUT2D eigenvalue weighted by molar-refractivity contribution is 7.47. The molecule has 0 saturated heterocycles. The first-order chi connectivity index (χ1) is 31.5. The quantitative estimate of drug-likeness (QED) is 0.0147. The van der Waals surface area contributed by atoms with Gasteiger partial charge in [-0.15, -0.1) is 0 Å². The molecule has 0 radical (unpaired) electrons. The number of aliphatic hydroxyl groups excluding tert-OH is 5. The van der Waals surface area contributed by atoms with E-state index in [0.29, 0.717) is 13.0 Å². The van der Waals surface area contributed by atoms with Gasteiger partial charge in [0.25, 0.3) is 0 Å². The van der Waals surface area contributed by atoms with Crippen molar-refractivity contribution >= 4 is 13.8 Å². The second-order valence-corrected chi connectivity index (χ2v) is 20.5. The Bertz CT molecular complexity index is 1130. The number of rotatable bonds is 47. The Morgan fingerprint density at radius 1 is 0.477 bits per heavy atom. The van der Waals surface area contributed by atoms with E-state index in [-0.39, 0.29) is 13.0 Å². The van der Waals surface area contributed by atoms with Crippen LogP contribution in [-0.4, -0.2) is 98.9 Å². The lowest BCUT2D eigenvalue weighted by Crippen LogP contribution is -2.64. The molecule has 1 fully saturated rings. The summed E-state index contributed by atoms with van der Waals surface area (Å²) in [4.78, 5) is 23.3. The van der Waals surface area contributed by atoms with Gasteiger partial charge in [0.2, 0.25) is 0 Å². The molecule has 0 spiro atoms. The molecule has 1 saturated carbocycles. The summed E-state index contributed by atoms with van der Waals surface area (Å²) in [5, 5.41) is 50.3. The van der Waals surface area contributed by atoms with Crippen molar-refractivity contribution in [3.05, 3.63) is 12.2 Å². The molecule has 6 unspecified atom stereocenters. The fourth-order valence-corrected chi connectivity index (χ4v) is 9.56. The number of hydrogen-bond donors (Lipinski definition) is 6. The van der Waals surface area contributed by atoms with Crippen molar-refractivity contribution in [3.63, 3.8) is 0 Å². The third-order valence-corrected chi connectivity index (χ3v) is 13.9. The molecule has 1 aliphatic carbocycles. The number of phosphoric ester groups is 1. The minimum Gasteiger partial charge on any atom is -0.457 e. The molecular formula is C52H101O12P. The Hall–Kier alpha value is -0.920. The molecule has 6 atom stereocenters. The summed E-state index contributed by atoms with van der Waals surface area (Å²) in [5.74, 6) is -0.471. The Kier molecular flexibility index (Phi) is 41.2. The summed E-state index contributed by atoms with van der Waals surface area (Å²) >= 11 is 0. The molecule has 13 heteroatoms. The maximum absolute atomic E-state index is 12.9. The zero-order valence-electron chi connectivity index (χ0n) is 41.6. The third kappa shape index (κ3) is 34.9. The molecule has 1 aliphatic rings. The molecule has 0 aromatic carbocycles. The second-order valence-electron chi connectivity index (χ2n) is 19.1. The lowest BCUT2D eigenvalue weighted by atomic mass is 9.85. The highest BCUT2D eigenvalue weighted by atomic mass is 31.2. The summed E-state index contributed by atoms with van der Waals surface area (Å²) < 4.78 is 34.3. The van der Waals surface area contributed by atoms with Crippen LogP contribution >= 0.6 is 7.82 Å². The smallest absolute Gasteiger partial charge is 0.457 e. The van der Waals surface area contributed by atoms with Crippen LogP contribution in [0.15, 0.2) is 12.2 Å². The molecule has 6 N–H and O–H groups in total. The number of phosphoric acid groups is 1.